The Balaban J connectivity index is 1.59. The highest BCUT2D eigenvalue weighted by molar-refractivity contribution is 5.86. The van der Waals surface area contributed by atoms with Crippen LogP contribution in [-0.4, -0.2) is 10.5 Å². The molecule has 0 saturated carbocycles. The zero-order chi connectivity index (χ0) is 20.9. The van der Waals surface area contributed by atoms with Crippen molar-refractivity contribution in [2.75, 3.05) is 0 Å². The number of aromatic nitrogens is 1. The number of fused-ring (bicyclic) bond motifs is 1. The SMILES string of the molecule is CC(NC(=O)CC(Cc1ccccc1)c1cn(C)c2ccccc12)c1ccccc1. The molecule has 0 aliphatic carbocycles. The topological polar surface area (TPSA) is 34.0 Å². The molecule has 0 radical (unpaired) electrons. The van der Waals surface area contributed by atoms with Crippen LogP contribution in [0.2, 0.25) is 0 Å². The predicted molar refractivity (Wildman–Crippen MR) is 123 cm³/mol. The number of carbonyl (C=O) groups is 1. The Morgan fingerprint density at radius 3 is 2.27 bits per heavy atom. The lowest BCUT2D eigenvalue weighted by Crippen LogP contribution is -2.28. The van der Waals surface area contributed by atoms with Crippen LogP contribution in [0.1, 0.15) is 42.0 Å². The smallest absolute Gasteiger partial charge is 0.221 e. The molecule has 0 aliphatic rings. The van der Waals surface area contributed by atoms with E-state index in [-0.39, 0.29) is 17.9 Å². The molecule has 1 N–H and O–H groups in total. The molecule has 30 heavy (non-hydrogen) atoms. The van der Waals surface area contributed by atoms with E-state index in [0.717, 1.165) is 12.0 Å². The number of rotatable bonds is 7. The number of aryl methyl sites for hydroxylation is 1. The minimum atomic E-state index is -0.0106. The summed E-state index contributed by atoms with van der Waals surface area (Å²) in [6, 6.07) is 29.0. The lowest BCUT2D eigenvalue weighted by atomic mass is 9.88. The zero-order valence-electron chi connectivity index (χ0n) is 17.6. The maximum Gasteiger partial charge on any atom is 0.221 e. The Morgan fingerprint density at radius 2 is 1.53 bits per heavy atom. The highest BCUT2D eigenvalue weighted by Gasteiger charge is 2.22. The van der Waals surface area contributed by atoms with E-state index in [1.807, 2.05) is 31.2 Å². The molecule has 0 fully saturated rings. The summed E-state index contributed by atoms with van der Waals surface area (Å²) in [6.07, 6.45) is 3.48. The number of benzene rings is 3. The van der Waals surface area contributed by atoms with Crippen LogP contribution in [0.25, 0.3) is 10.9 Å². The summed E-state index contributed by atoms with van der Waals surface area (Å²) >= 11 is 0. The maximum absolute atomic E-state index is 13.0. The monoisotopic (exact) mass is 396 g/mol. The van der Waals surface area contributed by atoms with Gasteiger partial charge in [0, 0.05) is 30.6 Å². The second kappa shape index (κ2) is 9.00. The summed E-state index contributed by atoms with van der Waals surface area (Å²) < 4.78 is 2.16. The quantitative estimate of drug-likeness (QED) is 0.423. The highest BCUT2D eigenvalue weighted by atomic mass is 16.1. The summed E-state index contributed by atoms with van der Waals surface area (Å²) in [5.74, 6) is 0.196. The van der Waals surface area contributed by atoms with Gasteiger partial charge < -0.3 is 9.88 Å². The molecule has 2 unspecified atom stereocenters. The van der Waals surface area contributed by atoms with Crippen molar-refractivity contribution < 1.29 is 4.79 Å². The first-order valence-corrected chi connectivity index (χ1v) is 10.5. The molecule has 4 rings (SSSR count). The van der Waals surface area contributed by atoms with Gasteiger partial charge in [0.05, 0.1) is 6.04 Å². The molecule has 4 aromatic rings. The maximum atomic E-state index is 13.0. The molecular formula is C27H28N2O. The van der Waals surface area contributed by atoms with Gasteiger partial charge in [-0.25, -0.2) is 0 Å². The Labute approximate surface area is 178 Å². The minimum Gasteiger partial charge on any atom is -0.350 e. The minimum absolute atomic E-state index is 0.0106. The van der Waals surface area contributed by atoms with Crippen molar-refractivity contribution in [1.82, 2.24) is 9.88 Å². The molecule has 2 atom stereocenters. The van der Waals surface area contributed by atoms with Gasteiger partial charge in [0.2, 0.25) is 5.91 Å². The van der Waals surface area contributed by atoms with Crippen molar-refractivity contribution in [2.45, 2.75) is 31.7 Å². The van der Waals surface area contributed by atoms with E-state index in [1.54, 1.807) is 0 Å². The van der Waals surface area contributed by atoms with Gasteiger partial charge in [-0.1, -0.05) is 78.9 Å². The second-order valence-corrected chi connectivity index (χ2v) is 8.00. The standard InChI is InChI=1S/C27H28N2O/c1-20(22-13-7-4-8-14-22)28-27(30)18-23(17-21-11-5-3-6-12-21)25-19-29(2)26-16-10-9-15-24(25)26/h3-16,19-20,23H,17-18H2,1-2H3,(H,28,30). The van der Waals surface area contributed by atoms with Gasteiger partial charge in [0.1, 0.15) is 0 Å². The van der Waals surface area contributed by atoms with E-state index < -0.39 is 0 Å². The fourth-order valence-corrected chi connectivity index (χ4v) is 4.24. The van der Waals surface area contributed by atoms with E-state index in [9.17, 15) is 4.79 Å². The molecule has 3 heteroatoms. The Morgan fingerprint density at radius 1 is 0.900 bits per heavy atom. The van der Waals surface area contributed by atoms with Gasteiger partial charge in [-0.15, -0.1) is 0 Å². The second-order valence-electron chi connectivity index (χ2n) is 8.00. The predicted octanol–water partition coefficient (Wildman–Crippen LogP) is 5.77. The van der Waals surface area contributed by atoms with Crippen LogP contribution in [0.3, 0.4) is 0 Å². The summed E-state index contributed by atoms with van der Waals surface area (Å²) in [5, 5.41) is 4.42. The number of hydrogen-bond acceptors (Lipinski definition) is 1. The van der Waals surface area contributed by atoms with E-state index in [4.69, 9.17) is 0 Å². The first kappa shape index (κ1) is 20.0. The molecule has 0 spiro atoms. The first-order valence-electron chi connectivity index (χ1n) is 10.5. The van der Waals surface area contributed by atoms with E-state index in [0.29, 0.717) is 6.42 Å². The number of para-hydroxylation sites is 1. The molecule has 152 valence electrons. The summed E-state index contributed by atoms with van der Waals surface area (Å²) in [6.45, 7) is 2.04. The fourth-order valence-electron chi connectivity index (χ4n) is 4.24. The van der Waals surface area contributed by atoms with E-state index in [2.05, 4.69) is 83.8 Å². The largest absolute Gasteiger partial charge is 0.350 e. The third kappa shape index (κ3) is 4.46. The average molecular weight is 397 g/mol. The van der Waals surface area contributed by atoms with E-state index >= 15 is 0 Å². The summed E-state index contributed by atoms with van der Waals surface area (Å²) in [5.41, 5.74) is 4.80. The average Bonchev–Trinajstić information content (AvgIpc) is 3.11. The van der Waals surface area contributed by atoms with Crippen LogP contribution < -0.4 is 5.32 Å². The Bertz CT molecular complexity index is 1120. The number of nitrogens with zero attached hydrogens (tertiary/aromatic N) is 1. The molecule has 1 aromatic heterocycles. The van der Waals surface area contributed by atoms with Gasteiger partial charge in [-0.05, 0) is 42.0 Å². The molecule has 0 bridgehead atoms. The van der Waals surface area contributed by atoms with Gasteiger partial charge in [-0.2, -0.15) is 0 Å². The van der Waals surface area contributed by atoms with Crippen molar-refractivity contribution in [3.05, 3.63) is 108 Å². The molecule has 0 saturated heterocycles. The van der Waals surface area contributed by atoms with E-state index in [1.165, 1.54) is 22.0 Å². The summed E-state index contributed by atoms with van der Waals surface area (Å²) in [4.78, 5) is 13.0. The Hall–Kier alpha value is -3.33. The Kier molecular flexibility index (Phi) is 5.99. The third-order valence-corrected chi connectivity index (χ3v) is 5.80. The van der Waals surface area contributed by atoms with Crippen molar-refractivity contribution in [1.29, 1.82) is 0 Å². The van der Waals surface area contributed by atoms with Crippen molar-refractivity contribution >= 4 is 16.8 Å². The van der Waals surface area contributed by atoms with Crippen LogP contribution in [0.15, 0.2) is 91.1 Å². The van der Waals surface area contributed by atoms with Gasteiger partial charge in [0.25, 0.3) is 0 Å². The molecule has 0 aliphatic heterocycles. The highest BCUT2D eigenvalue weighted by Crippen LogP contribution is 2.32. The number of nitrogens with one attached hydrogen (secondary N) is 1. The molecule has 1 amide bonds. The molecule has 3 nitrogen and oxygen atoms in total. The van der Waals surface area contributed by atoms with Crippen LogP contribution in [-0.2, 0) is 18.3 Å². The van der Waals surface area contributed by atoms with Crippen LogP contribution >= 0.6 is 0 Å². The number of hydrogen-bond donors (Lipinski definition) is 1. The zero-order valence-corrected chi connectivity index (χ0v) is 17.6. The normalized spacial score (nSPS) is 13.1. The third-order valence-electron chi connectivity index (χ3n) is 5.80. The molecule has 1 heterocycles. The van der Waals surface area contributed by atoms with Crippen LogP contribution in [0, 0.1) is 0 Å². The molecular weight excluding hydrogens is 368 g/mol. The fraction of sp³-hybridized carbons (Fsp3) is 0.222. The van der Waals surface area contributed by atoms with Crippen LogP contribution in [0.5, 0.6) is 0 Å². The van der Waals surface area contributed by atoms with Gasteiger partial charge >= 0.3 is 0 Å². The van der Waals surface area contributed by atoms with Crippen molar-refractivity contribution in [3.63, 3.8) is 0 Å². The molecule has 3 aromatic carbocycles. The van der Waals surface area contributed by atoms with Gasteiger partial charge in [-0.3, -0.25) is 4.79 Å². The van der Waals surface area contributed by atoms with Crippen molar-refractivity contribution in [2.24, 2.45) is 7.05 Å². The van der Waals surface area contributed by atoms with Crippen LogP contribution in [0.4, 0.5) is 0 Å². The lowest BCUT2D eigenvalue weighted by molar-refractivity contribution is -0.122. The van der Waals surface area contributed by atoms with Crippen molar-refractivity contribution in [3.8, 4) is 0 Å². The summed E-state index contributed by atoms with van der Waals surface area (Å²) in [7, 11) is 2.07. The lowest BCUT2D eigenvalue weighted by Gasteiger charge is -2.19. The van der Waals surface area contributed by atoms with Gasteiger partial charge in [0.15, 0.2) is 0 Å². The number of amides is 1. The number of carbonyl (C=O) groups excluding carboxylic acids is 1. The first-order chi connectivity index (χ1) is 14.6.